The third-order valence-electron chi connectivity index (χ3n) is 4.59. The van der Waals surface area contributed by atoms with Crippen molar-refractivity contribution < 1.29 is 13.2 Å². The van der Waals surface area contributed by atoms with Crippen molar-refractivity contribution in [2.45, 2.75) is 45.2 Å². The number of rotatable bonds is 2. The van der Waals surface area contributed by atoms with Gasteiger partial charge in [0.15, 0.2) is 9.84 Å². The summed E-state index contributed by atoms with van der Waals surface area (Å²) in [5.74, 6) is 0.225. The zero-order valence-corrected chi connectivity index (χ0v) is 13.7. The standard InChI is InChI=1S/C14H22N4O3S/c1-9-13(10(2)17-16-9)12-4-3-6-18(12)14(19)15-11-5-7-22(20,21)8-11/h11-12H,3-8H2,1-2H3,(H,15,19)(H,16,17)/t11-,12-/m1/s1. The Morgan fingerprint density at radius 3 is 2.73 bits per heavy atom. The smallest absolute Gasteiger partial charge is 0.318 e. The molecule has 1 aromatic heterocycles. The monoisotopic (exact) mass is 326 g/mol. The maximum Gasteiger partial charge on any atom is 0.318 e. The van der Waals surface area contributed by atoms with Crippen molar-refractivity contribution in [1.29, 1.82) is 0 Å². The number of nitrogens with one attached hydrogen (secondary N) is 2. The highest BCUT2D eigenvalue weighted by atomic mass is 32.2. The third kappa shape index (κ3) is 2.84. The molecule has 2 amide bonds. The number of carbonyl (C=O) groups is 1. The van der Waals surface area contributed by atoms with Crippen molar-refractivity contribution in [2.75, 3.05) is 18.1 Å². The van der Waals surface area contributed by atoms with Gasteiger partial charge in [-0.2, -0.15) is 5.10 Å². The Morgan fingerprint density at radius 1 is 1.36 bits per heavy atom. The highest BCUT2D eigenvalue weighted by Crippen LogP contribution is 2.34. The number of nitrogens with zero attached hydrogens (tertiary/aromatic N) is 2. The molecule has 0 aromatic carbocycles. The van der Waals surface area contributed by atoms with Crippen LogP contribution in [0.25, 0.3) is 0 Å². The highest BCUT2D eigenvalue weighted by Gasteiger charge is 2.35. The molecule has 22 heavy (non-hydrogen) atoms. The Balaban J connectivity index is 1.72. The maximum absolute atomic E-state index is 12.5. The molecule has 0 aliphatic carbocycles. The summed E-state index contributed by atoms with van der Waals surface area (Å²) in [6, 6.07) is -0.397. The quantitative estimate of drug-likeness (QED) is 0.849. The van der Waals surface area contributed by atoms with Crippen molar-refractivity contribution in [3.05, 3.63) is 17.0 Å². The van der Waals surface area contributed by atoms with Crippen LogP contribution in [0.3, 0.4) is 0 Å². The molecule has 2 aliphatic rings. The topological polar surface area (TPSA) is 95.2 Å². The van der Waals surface area contributed by atoms with Gasteiger partial charge in [0.1, 0.15) is 0 Å². The van der Waals surface area contributed by atoms with Gasteiger partial charge in [-0.25, -0.2) is 13.2 Å². The van der Waals surface area contributed by atoms with Gasteiger partial charge in [-0.05, 0) is 33.1 Å². The second-order valence-corrected chi connectivity index (χ2v) is 8.48. The minimum Gasteiger partial charge on any atom is -0.334 e. The summed E-state index contributed by atoms with van der Waals surface area (Å²) in [6.45, 7) is 4.60. The minimum atomic E-state index is -2.98. The van der Waals surface area contributed by atoms with Gasteiger partial charge in [-0.3, -0.25) is 5.10 Å². The molecule has 7 nitrogen and oxygen atoms in total. The number of hydrogen-bond acceptors (Lipinski definition) is 4. The van der Waals surface area contributed by atoms with Gasteiger partial charge in [0.25, 0.3) is 0 Å². The predicted molar refractivity (Wildman–Crippen MR) is 82.3 cm³/mol. The Hall–Kier alpha value is -1.57. The Bertz CT molecular complexity index is 663. The normalized spacial score (nSPS) is 27.3. The molecule has 0 radical (unpaired) electrons. The number of aromatic amines is 1. The summed E-state index contributed by atoms with van der Waals surface area (Å²) in [4.78, 5) is 14.3. The Labute approximate surface area is 130 Å². The van der Waals surface area contributed by atoms with Crippen LogP contribution in [0.1, 0.15) is 42.3 Å². The fourth-order valence-corrected chi connectivity index (χ4v) is 5.20. The van der Waals surface area contributed by atoms with E-state index in [1.54, 1.807) is 0 Å². The molecule has 2 fully saturated rings. The average Bonchev–Trinajstić information content (AvgIpc) is 3.10. The maximum atomic E-state index is 12.5. The molecule has 1 aromatic rings. The van der Waals surface area contributed by atoms with Crippen molar-refractivity contribution in [2.24, 2.45) is 0 Å². The van der Waals surface area contributed by atoms with Crippen molar-refractivity contribution >= 4 is 15.9 Å². The molecule has 0 bridgehead atoms. The van der Waals surface area contributed by atoms with Gasteiger partial charge in [0, 0.05) is 23.8 Å². The molecule has 0 spiro atoms. The lowest BCUT2D eigenvalue weighted by molar-refractivity contribution is 0.189. The molecule has 0 saturated carbocycles. The molecular formula is C14H22N4O3S. The number of carbonyl (C=O) groups excluding carboxylic acids is 1. The van der Waals surface area contributed by atoms with Crippen LogP contribution in [0, 0.1) is 13.8 Å². The van der Waals surface area contributed by atoms with E-state index in [1.165, 1.54) is 0 Å². The largest absolute Gasteiger partial charge is 0.334 e. The van der Waals surface area contributed by atoms with Crippen molar-refractivity contribution in [3.63, 3.8) is 0 Å². The van der Waals surface area contributed by atoms with Crippen LogP contribution in [-0.2, 0) is 9.84 Å². The van der Waals surface area contributed by atoms with E-state index in [1.807, 2.05) is 18.7 Å². The van der Waals surface area contributed by atoms with E-state index >= 15 is 0 Å². The lowest BCUT2D eigenvalue weighted by atomic mass is 10.0. The molecule has 3 rings (SSSR count). The van der Waals surface area contributed by atoms with Crippen LogP contribution < -0.4 is 5.32 Å². The van der Waals surface area contributed by atoms with Crippen LogP contribution in [0.2, 0.25) is 0 Å². The van der Waals surface area contributed by atoms with Crippen LogP contribution in [-0.4, -0.2) is 53.6 Å². The zero-order chi connectivity index (χ0) is 15.9. The molecule has 122 valence electrons. The third-order valence-corrected chi connectivity index (χ3v) is 6.36. The lowest BCUT2D eigenvalue weighted by Gasteiger charge is -2.27. The first kappa shape index (κ1) is 15.3. The number of aromatic nitrogens is 2. The van der Waals surface area contributed by atoms with E-state index < -0.39 is 9.84 Å². The van der Waals surface area contributed by atoms with E-state index in [0.717, 1.165) is 29.8 Å². The summed E-state index contributed by atoms with van der Waals surface area (Å²) >= 11 is 0. The van der Waals surface area contributed by atoms with Gasteiger partial charge in [-0.15, -0.1) is 0 Å². The molecule has 2 saturated heterocycles. The predicted octanol–water partition coefficient (Wildman–Crippen LogP) is 1.06. The van der Waals surface area contributed by atoms with E-state index in [0.29, 0.717) is 13.0 Å². The summed E-state index contributed by atoms with van der Waals surface area (Å²) in [7, 11) is -2.98. The summed E-state index contributed by atoms with van der Waals surface area (Å²) in [6.07, 6.45) is 2.37. The summed E-state index contributed by atoms with van der Waals surface area (Å²) in [5, 5.41) is 10.1. The number of H-pyrrole nitrogens is 1. The zero-order valence-electron chi connectivity index (χ0n) is 12.9. The van der Waals surface area contributed by atoms with E-state index in [-0.39, 0.29) is 29.6 Å². The molecule has 2 atom stereocenters. The summed E-state index contributed by atoms with van der Waals surface area (Å²) in [5.41, 5.74) is 3.00. The Morgan fingerprint density at radius 2 is 2.14 bits per heavy atom. The number of urea groups is 1. The summed E-state index contributed by atoms with van der Waals surface area (Å²) < 4.78 is 23.0. The fourth-order valence-electron chi connectivity index (χ4n) is 3.53. The second-order valence-electron chi connectivity index (χ2n) is 6.25. The molecule has 8 heteroatoms. The van der Waals surface area contributed by atoms with Gasteiger partial charge in [-0.1, -0.05) is 0 Å². The number of hydrogen-bond donors (Lipinski definition) is 2. The minimum absolute atomic E-state index is 0.0248. The average molecular weight is 326 g/mol. The Kier molecular flexibility index (Phi) is 3.88. The second kappa shape index (κ2) is 5.57. The fraction of sp³-hybridized carbons (Fsp3) is 0.714. The first-order valence-corrected chi connectivity index (χ1v) is 9.48. The molecule has 2 N–H and O–H groups in total. The SMILES string of the molecule is Cc1n[nH]c(C)c1[C@H]1CCCN1C(=O)N[C@@H]1CCS(=O)(=O)C1. The van der Waals surface area contributed by atoms with Crippen LogP contribution in [0.15, 0.2) is 0 Å². The number of sulfone groups is 1. The first-order chi connectivity index (χ1) is 10.4. The van der Waals surface area contributed by atoms with Crippen LogP contribution in [0.5, 0.6) is 0 Å². The van der Waals surface area contributed by atoms with Gasteiger partial charge in [0.05, 0.1) is 23.2 Å². The van der Waals surface area contributed by atoms with E-state index in [9.17, 15) is 13.2 Å². The molecule has 0 unspecified atom stereocenters. The van der Waals surface area contributed by atoms with Gasteiger partial charge < -0.3 is 10.2 Å². The van der Waals surface area contributed by atoms with E-state index in [4.69, 9.17) is 0 Å². The van der Waals surface area contributed by atoms with Gasteiger partial charge in [0.2, 0.25) is 0 Å². The molecular weight excluding hydrogens is 304 g/mol. The highest BCUT2D eigenvalue weighted by molar-refractivity contribution is 7.91. The van der Waals surface area contributed by atoms with Crippen molar-refractivity contribution in [3.8, 4) is 0 Å². The number of aryl methyl sites for hydroxylation is 2. The van der Waals surface area contributed by atoms with E-state index in [2.05, 4.69) is 15.5 Å². The number of amides is 2. The van der Waals surface area contributed by atoms with Crippen LogP contribution >= 0.6 is 0 Å². The van der Waals surface area contributed by atoms with Crippen molar-refractivity contribution in [1.82, 2.24) is 20.4 Å². The first-order valence-electron chi connectivity index (χ1n) is 7.66. The lowest BCUT2D eigenvalue weighted by Crippen LogP contribution is -2.45. The van der Waals surface area contributed by atoms with Crippen LogP contribution in [0.4, 0.5) is 4.79 Å². The van der Waals surface area contributed by atoms with Gasteiger partial charge >= 0.3 is 6.03 Å². The molecule has 2 aliphatic heterocycles. The molecule has 3 heterocycles. The number of likely N-dealkylation sites (tertiary alicyclic amines) is 1.